The van der Waals surface area contributed by atoms with Crippen LogP contribution in [0, 0.1) is 6.92 Å². The fourth-order valence-corrected chi connectivity index (χ4v) is 3.69. The highest BCUT2D eigenvalue weighted by Gasteiger charge is 2.21. The summed E-state index contributed by atoms with van der Waals surface area (Å²) in [5.74, 6) is 1.30. The molecular weight excluding hydrogens is 368 g/mol. The van der Waals surface area contributed by atoms with Gasteiger partial charge in [0.05, 0.1) is 6.54 Å². The number of benzene rings is 1. The van der Waals surface area contributed by atoms with Crippen molar-refractivity contribution >= 4 is 5.91 Å². The first kappa shape index (κ1) is 19.3. The van der Waals surface area contributed by atoms with Crippen LogP contribution in [0.25, 0.3) is 11.4 Å². The van der Waals surface area contributed by atoms with E-state index in [4.69, 9.17) is 4.52 Å². The third-order valence-corrected chi connectivity index (χ3v) is 5.29. The number of aryl methyl sites for hydroxylation is 1. The van der Waals surface area contributed by atoms with E-state index < -0.39 is 0 Å². The molecule has 1 amide bonds. The van der Waals surface area contributed by atoms with Crippen LogP contribution in [0.3, 0.4) is 0 Å². The molecule has 152 valence electrons. The van der Waals surface area contributed by atoms with E-state index in [0.717, 1.165) is 42.8 Å². The van der Waals surface area contributed by atoms with Gasteiger partial charge in [-0.25, -0.2) is 0 Å². The van der Waals surface area contributed by atoms with E-state index >= 15 is 0 Å². The Hall–Kier alpha value is -3.00. The van der Waals surface area contributed by atoms with E-state index in [2.05, 4.69) is 20.6 Å². The fourth-order valence-electron chi connectivity index (χ4n) is 3.69. The highest BCUT2D eigenvalue weighted by Crippen LogP contribution is 2.23. The minimum atomic E-state index is -0.0472. The van der Waals surface area contributed by atoms with Crippen molar-refractivity contribution in [2.45, 2.75) is 38.8 Å². The highest BCUT2D eigenvalue weighted by molar-refractivity contribution is 5.75. The zero-order valence-corrected chi connectivity index (χ0v) is 16.8. The molecule has 8 nitrogen and oxygen atoms in total. The molecule has 1 aliphatic heterocycles. The molecule has 4 rings (SSSR count). The fraction of sp³-hybridized carbons (Fsp3) is 0.429. The van der Waals surface area contributed by atoms with Gasteiger partial charge in [0.1, 0.15) is 6.54 Å². The minimum absolute atomic E-state index is 0.0472. The molecule has 3 heterocycles. The molecule has 8 heteroatoms. The average Bonchev–Trinajstić information content (AvgIpc) is 3.38. The molecule has 1 fully saturated rings. The van der Waals surface area contributed by atoms with Gasteiger partial charge >= 0.3 is 0 Å². The zero-order chi connectivity index (χ0) is 20.2. The lowest BCUT2D eigenvalue weighted by Crippen LogP contribution is -2.33. The standard InChI is InChI=1S/C21H26N6O2/c1-15-5-3-6-16(11-15)21-24-19(29-25-21)13-26(2)20(28)14-27-18(8-10-23-27)17-7-4-9-22-12-17/h3,5-6,8,10-11,17,22H,4,7,9,12-14H2,1-2H3. The topological polar surface area (TPSA) is 89.1 Å². The first-order valence-corrected chi connectivity index (χ1v) is 9.96. The smallest absolute Gasteiger partial charge is 0.246 e. The van der Waals surface area contributed by atoms with Gasteiger partial charge in [-0.1, -0.05) is 28.9 Å². The van der Waals surface area contributed by atoms with E-state index in [1.54, 1.807) is 18.1 Å². The minimum Gasteiger partial charge on any atom is -0.337 e. The second-order valence-corrected chi connectivity index (χ2v) is 7.59. The summed E-state index contributed by atoms with van der Waals surface area (Å²) >= 11 is 0. The van der Waals surface area contributed by atoms with Crippen LogP contribution >= 0.6 is 0 Å². The monoisotopic (exact) mass is 394 g/mol. The lowest BCUT2D eigenvalue weighted by Gasteiger charge is -2.24. The van der Waals surface area contributed by atoms with Crippen LogP contribution < -0.4 is 5.32 Å². The molecule has 0 radical (unpaired) electrons. The molecule has 1 aliphatic rings. The van der Waals surface area contributed by atoms with Crippen LogP contribution in [0.15, 0.2) is 41.1 Å². The van der Waals surface area contributed by atoms with Gasteiger partial charge < -0.3 is 14.7 Å². The average molecular weight is 394 g/mol. The van der Waals surface area contributed by atoms with Crippen LogP contribution in [0.5, 0.6) is 0 Å². The normalized spacial score (nSPS) is 16.7. The lowest BCUT2D eigenvalue weighted by atomic mass is 9.96. The van der Waals surface area contributed by atoms with Gasteiger partial charge in [0.15, 0.2) is 0 Å². The Morgan fingerprint density at radius 1 is 1.38 bits per heavy atom. The van der Waals surface area contributed by atoms with Crippen molar-refractivity contribution in [1.82, 2.24) is 30.1 Å². The maximum atomic E-state index is 12.7. The van der Waals surface area contributed by atoms with Crippen molar-refractivity contribution in [3.05, 3.63) is 53.7 Å². The largest absolute Gasteiger partial charge is 0.337 e. The summed E-state index contributed by atoms with van der Waals surface area (Å²) in [4.78, 5) is 18.8. The predicted molar refractivity (Wildman–Crippen MR) is 108 cm³/mol. The van der Waals surface area contributed by atoms with E-state index in [9.17, 15) is 4.79 Å². The Balaban J connectivity index is 1.39. The molecule has 2 aromatic heterocycles. The number of likely N-dealkylation sites (N-methyl/N-ethyl adjacent to an activating group) is 1. The summed E-state index contributed by atoms with van der Waals surface area (Å²) < 4.78 is 7.16. The molecule has 1 saturated heterocycles. The van der Waals surface area contributed by atoms with Crippen molar-refractivity contribution in [2.75, 3.05) is 20.1 Å². The molecule has 1 unspecified atom stereocenters. The van der Waals surface area contributed by atoms with Crippen molar-refractivity contribution in [1.29, 1.82) is 0 Å². The number of hydrogen-bond acceptors (Lipinski definition) is 6. The molecule has 3 aromatic rings. The van der Waals surface area contributed by atoms with Gasteiger partial charge in [-0.2, -0.15) is 10.1 Å². The summed E-state index contributed by atoms with van der Waals surface area (Å²) in [6.45, 7) is 4.47. The van der Waals surface area contributed by atoms with Gasteiger partial charge in [0.2, 0.25) is 17.6 Å². The van der Waals surface area contributed by atoms with Gasteiger partial charge in [0.25, 0.3) is 0 Å². The number of nitrogens with one attached hydrogen (secondary N) is 1. The molecule has 1 N–H and O–H groups in total. The number of nitrogens with zero attached hydrogens (tertiary/aromatic N) is 5. The Labute approximate surface area is 169 Å². The number of amides is 1. The van der Waals surface area contributed by atoms with Crippen molar-refractivity contribution in [3.63, 3.8) is 0 Å². The Bertz CT molecular complexity index is 973. The number of piperidine rings is 1. The SMILES string of the molecule is Cc1cccc(-c2noc(CN(C)C(=O)Cn3nccc3C3CCCNC3)n2)c1. The number of carbonyl (C=O) groups excluding carboxylic acids is 1. The quantitative estimate of drug-likeness (QED) is 0.690. The third-order valence-electron chi connectivity index (χ3n) is 5.29. The van der Waals surface area contributed by atoms with Crippen LogP contribution in [0.2, 0.25) is 0 Å². The summed E-state index contributed by atoms with van der Waals surface area (Å²) in [6.07, 6.45) is 4.03. The summed E-state index contributed by atoms with van der Waals surface area (Å²) in [5.41, 5.74) is 3.14. The second-order valence-electron chi connectivity index (χ2n) is 7.59. The molecule has 29 heavy (non-hydrogen) atoms. The van der Waals surface area contributed by atoms with Gasteiger partial charge in [0, 0.05) is 37.0 Å². The molecule has 0 spiro atoms. The first-order chi connectivity index (χ1) is 14.1. The maximum Gasteiger partial charge on any atom is 0.246 e. The van der Waals surface area contributed by atoms with Crippen LogP contribution in [0.4, 0.5) is 0 Å². The predicted octanol–water partition coefficient (Wildman–Crippen LogP) is 2.37. The summed E-state index contributed by atoms with van der Waals surface area (Å²) in [7, 11) is 1.74. The van der Waals surface area contributed by atoms with E-state index in [1.807, 2.05) is 41.9 Å². The Morgan fingerprint density at radius 3 is 3.07 bits per heavy atom. The van der Waals surface area contributed by atoms with E-state index in [-0.39, 0.29) is 19.0 Å². The number of rotatable bonds is 6. The first-order valence-electron chi connectivity index (χ1n) is 9.96. The Morgan fingerprint density at radius 2 is 2.28 bits per heavy atom. The number of carbonyl (C=O) groups is 1. The highest BCUT2D eigenvalue weighted by atomic mass is 16.5. The molecule has 1 aromatic carbocycles. The van der Waals surface area contributed by atoms with Crippen LogP contribution in [-0.2, 0) is 17.9 Å². The molecule has 0 aliphatic carbocycles. The van der Waals surface area contributed by atoms with Gasteiger partial charge in [-0.3, -0.25) is 9.48 Å². The number of hydrogen-bond donors (Lipinski definition) is 1. The summed E-state index contributed by atoms with van der Waals surface area (Å²) in [6, 6.07) is 9.93. The molecule has 0 bridgehead atoms. The van der Waals surface area contributed by atoms with Gasteiger partial charge in [-0.05, 0) is 38.4 Å². The van der Waals surface area contributed by atoms with Crippen LogP contribution in [-0.4, -0.2) is 50.9 Å². The zero-order valence-electron chi connectivity index (χ0n) is 16.8. The van der Waals surface area contributed by atoms with Crippen molar-refractivity contribution in [2.24, 2.45) is 0 Å². The Kier molecular flexibility index (Phi) is 5.71. The van der Waals surface area contributed by atoms with Crippen molar-refractivity contribution in [3.8, 4) is 11.4 Å². The van der Waals surface area contributed by atoms with E-state index in [1.165, 1.54) is 0 Å². The van der Waals surface area contributed by atoms with Crippen LogP contribution in [0.1, 0.15) is 35.9 Å². The third kappa shape index (κ3) is 4.54. The maximum absolute atomic E-state index is 12.7. The van der Waals surface area contributed by atoms with E-state index in [0.29, 0.717) is 17.6 Å². The molecular formula is C21H26N6O2. The van der Waals surface area contributed by atoms with Crippen molar-refractivity contribution < 1.29 is 9.32 Å². The lowest BCUT2D eigenvalue weighted by molar-refractivity contribution is -0.131. The summed E-state index contributed by atoms with van der Waals surface area (Å²) in [5, 5.41) is 11.8. The van der Waals surface area contributed by atoms with Gasteiger partial charge in [-0.15, -0.1) is 0 Å². The number of aromatic nitrogens is 4. The molecule has 1 atom stereocenters. The molecule has 0 saturated carbocycles. The second kappa shape index (κ2) is 8.57.